The highest BCUT2D eigenvalue weighted by molar-refractivity contribution is 6.30. The molecule has 0 aromatic heterocycles. The van der Waals surface area contributed by atoms with Crippen molar-refractivity contribution in [1.29, 1.82) is 0 Å². The highest BCUT2D eigenvalue weighted by Crippen LogP contribution is 2.40. The van der Waals surface area contributed by atoms with Crippen LogP contribution < -0.4 is 5.73 Å². The lowest BCUT2D eigenvalue weighted by atomic mass is 9.89. The number of fused-ring (bicyclic) bond motifs is 1. The monoisotopic (exact) mass is 296 g/mol. The molecule has 1 heterocycles. The van der Waals surface area contributed by atoms with Gasteiger partial charge in [0.2, 0.25) is 0 Å². The average molecular weight is 297 g/mol. The van der Waals surface area contributed by atoms with E-state index in [4.69, 9.17) is 17.3 Å². The van der Waals surface area contributed by atoms with Crippen molar-refractivity contribution in [3.63, 3.8) is 0 Å². The lowest BCUT2D eigenvalue weighted by molar-refractivity contribution is 0.0700. The highest BCUT2D eigenvalue weighted by Gasteiger charge is 2.38. The predicted octanol–water partition coefficient (Wildman–Crippen LogP) is 3.74. The predicted molar refractivity (Wildman–Crippen MR) is 80.3 cm³/mol. The topological polar surface area (TPSA) is 29.3 Å². The maximum absolute atomic E-state index is 13.6. The molecule has 2 nitrogen and oxygen atoms in total. The third kappa shape index (κ3) is 2.72. The number of halogens is 2. The number of hydrogen-bond donors (Lipinski definition) is 1. The zero-order valence-electron chi connectivity index (χ0n) is 11.7. The van der Waals surface area contributed by atoms with Gasteiger partial charge in [-0.05, 0) is 61.9 Å². The molecule has 3 rings (SSSR count). The van der Waals surface area contributed by atoms with E-state index in [0.29, 0.717) is 17.6 Å². The molecular formula is C16H22ClFN2. The van der Waals surface area contributed by atoms with E-state index in [1.165, 1.54) is 38.2 Å². The van der Waals surface area contributed by atoms with Crippen LogP contribution in [0.4, 0.5) is 4.39 Å². The minimum Gasteiger partial charge on any atom is -0.329 e. The Labute approximate surface area is 125 Å². The van der Waals surface area contributed by atoms with Crippen molar-refractivity contribution in [2.45, 2.75) is 44.2 Å². The van der Waals surface area contributed by atoms with Gasteiger partial charge in [-0.3, -0.25) is 4.90 Å². The van der Waals surface area contributed by atoms with Crippen LogP contribution in [-0.4, -0.2) is 24.0 Å². The second-order valence-corrected chi connectivity index (χ2v) is 6.53. The van der Waals surface area contributed by atoms with Gasteiger partial charge in [-0.2, -0.15) is 0 Å². The molecule has 0 spiro atoms. The first kappa shape index (κ1) is 14.3. The summed E-state index contributed by atoms with van der Waals surface area (Å²) in [4.78, 5) is 2.51. The van der Waals surface area contributed by atoms with Gasteiger partial charge in [0.25, 0.3) is 0 Å². The summed E-state index contributed by atoms with van der Waals surface area (Å²) in [7, 11) is 0. The lowest BCUT2D eigenvalue weighted by Crippen LogP contribution is -2.46. The van der Waals surface area contributed by atoms with E-state index in [9.17, 15) is 4.39 Å². The molecule has 3 unspecified atom stereocenters. The Kier molecular flexibility index (Phi) is 4.29. The first-order valence-electron chi connectivity index (χ1n) is 7.61. The van der Waals surface area contributed by atoms with E-state index in [-0.39, 0.29) is 11.9 Å². The first-order chi connectivity index (χ1) is 9.69. The molecule has 0 amide bonds. The summed E-state index contributed by atoms with van der Waals surface area (Å²) in [6, 6.07) is 5.52. The Hall–Kier alpha value is -0.640. The Morgan fingerprint density at radius 2 is 2.05 bits per heavy atom. The molecular weight excluding hydrogens is 275 g/mol. The molecule has 2 N–H and O–H groups in total. The standard InChI is InChI=1S/C16H22ClFN2/c17-13-7-12(8-14(18)9-13)16(10-19)20-6-2-4-11-3-1-5-15(11)20/h7-9,11,15-16H,1-6,10,19H2. The maximum atomic E-state index is 13.6. The molecule has 110 valence electrons. The van der Waals surface area contributed by atoms with E-state index in [1.807, 2.05) is 6.07 Å². The molecule has 1 saturated heterocycles. The van der Waals surface area contributed by atoms with Gasteiger partial charge < -0.3 is 5.73 Å². The fourth-order valence-electron chi connectivity index (χ4n) is 4.11. The lowest BCUT2D eigenvalue weighted by Gasteiger charge is -2.42. The smallest absolute Gasteiger partial charge is 0.125 e. The van der Waals surface area contributed by atoms with Crippen molar-refractivity contribution in [3.05, 3.63) is 34.6 Å². The summed E-state index contributed by atoms with van der Waals surface area (Å²) in [5.74, 6) is 0.535. The fourth-order valence-corrected chi connectivity index (χ4v) is 4.34. The molecule has 1 aromatic rings. The van der Waals surface area contributed by atoms with Crippen molar-refractivity contribution in [3.8, 4) is 0 Å². The van der Waals surface area contributed by atoms with Gasteiger partial charge in [0, 0.05) is 23.7 Å². The quantitative estimate of drug-likeness (QED) is 0.920. The normalized spacial score (nSPS) is 28.4. The van der Waals surface area contributed by atoms with Crippen LogP contribution in [0.15, 0.2) is 18.2 Å². The molecule has 2 fully saturated rings. The number of rotatable bonds is 3. The summed E-state index contributed by atoms with van der Waals surface area (Å²) in [6.07, 6.45) is 6.46. The third-order valence-electron chi connectivity index (χ3n) is 4.93. The van der Waals surface area contributed by atoms with Crippen LogP contribution in [-0.2, 0) is 0 Å². The van der Waals surface area contributed by atoms with Gasteiger partial charge in [-0.15, -0.1) is 0 Å². The number of nitrogens with zero attached hydrogens (tertiary/aromatic N) is 1. The van der Waals surface area contributed by atoms with E-state index in [1.54, 1.807) is 6.07 Å². The summed E-state index contributed by atoms with van der Waals surface area (Å²) in [6.45, 7) is 1.58. The van der Waals surface area contributed by atoms with Crippen LogP contribution >= 0.6 is 11.6 Å². The number of benzene rings is 1. The fraction of sp³-hybridized carbons (Fsp3) is 0.625. The number of likely N-dealkylation sites (tertiary alicyclic amines) is 1. The van der Waals surface area contributed by atoms with E-state index >= 15 is 0 Å². The van der Waals surface area contributed by atoms with Crippen molar-refractivity contribution in [2.75, 3.05) is 13.1 Å². The number of piperidine rings is 1. The second-order valence-electron chi connectivity index (χ2n) is 6.09. The molecule has 1 aliphatic heterocycles. The van der Waals surface area contributed by atoms with E-state index < -0.39 is 0 Å². The highest BCUT2D eigenvalue weighted by atomic mass is 35.5. The van der Waals surface area contributed by atoms with Crippen molar-refractivity contribution >= 4 is 11.6 Å². The van der Waals surface area contributed by atoms with Crippen molar-refractivity contribution < 1.29 is 4.39 Å². The molecule has 1 saturated carbocycles. The van der Waals surface area contributed by atoms with E-state index in [2.05, 4.69) is 4.90 Å². The Morgan fingerprint density at radius 1 is 1.25 bits per heavy atom. The molecule has 0 radical (unpaired) electrons. The van der Waals surface area contributed by atoms with Crippen LogP contribution in [0, 0.1) is 11.7 Å². The van der Waals surface area contributed by atoms with Gasteiger partial charge >= 0.3 is 0 Å². The van der Waals surface area contributed by atoms with Crippen molar-refractivity contribution in [1.82, 2.24) is 4.90 Å². The van der Waals surface area contributed by atoms with Crippen LogP contribution in [0.2, 0.25) is 5.02 Å². The average Bonchev–Trinajstić information content (AvgIpc) is 2.87. The SMILES string of the molecule is NCC(c1cc(F)cc(Cl)c1)N1CCCC2CCCC21. The van der Waals surface area contributed by atoms with Gasteiger partial charge in [-0.25, -0.2) is 4.39 Å². The minimum atomic E-state index is -0.272. The molecule has 2 aliphatic rings. The molecule has 0 bridgehead atoms. The van der Waals surface area contributed by atoms with Crippen LogP contribution in [0.1, 0.15) is 43.7 Å². The molecule has 1 aromatic carbocycles. The zero-order valence-corrected chi connectivity index (χ0v) is 12.5. The molecule has 1 aliphatic carbocycles. The zero-order chi connectivity index (χ0) is 14.1. The summed E-state index contributed by atoms with van der Waals surface area (Å²) < 4.78 is 13.6. The maximum Gasteiger partial charge on any atom is 0.125 e. The van der Waals surface area contributed by atoms with Crippen LogP contribution in [0.25, 0.3) is 0 Å². The minimum absolute atomic E-state index is 0.0918. The largest absolute Gasteiger partial charge is 0.329 e. The van der Waals surface area contributed by atoms with Gasteiger partial charge in [0.15, 0.2) is 0 Å². The summed E-state index contributed by atoms with van der Waals surface area (Å²) in [5.41, 5.74) is 6.93. The molecule has 3 atom stereocenters. The number of nitrogens with two attached hydrogens (primary N) is 1. The first-order valence-corrected chi connectivity index (χ1v) is 7.98. The Balaban J connectivity index is 1.88. The number of hydrogen-bond acceptors (Lipinski definition) is 2. The van der Waals surface area contributed by atoms with E-state index in [0.717, 1.165) is 18.0 Å². The van der Waals surface area contributed by atoms with Crippen LogP contribution in [0.5, 0.6) is 0 Å². The molecule has 4 heteroatoms. The summed E-state index contributed by atoms with van der Waals surface area (Å²) in [5, 5.41) is 0.457. The van der Waals surface area contributed by atoms with Gasteiger partial charge in [0.05, 0.1) is 0 Å². The van der Waals surface area contributed by atoms with Gasteiger partial charge in [-0.1, -0.05) is 18.0 Å². The third-order valence-corrected chi connectivity index (χ3v) is 5.15. The van der Waals surface area contributed by atoms with Crippen LogP contribution in [0.3, 0.4) is 0 Å². The van der Waals surface area contributed by atoms with Crippen molar-refractivity contribution in [2.24, 2.45) is 11.7 Å². The Morgan fingerprint density at radius 3 is 2.80 bits per heavy atom. The summed E-state index contributed by atoms with van der Waals surface area (Å²) >= 11 is 6.00. The second kappa shape index (κ2) is 6.00. The molecule has 20 heavy (non-hydrogen) atoms. The van der Waals surface area contributed by atoms with Gasteiger partial charge in [0.1, 0.15) is 5.82 Å². The Bertz CT molecular complexity index is 459.